The van der Waals surface area contributed by atoms with Crippen molar-refractivity contribution in [1.29, 1.82) is 0 Å². The summed E-state index contributed by atoms with van der Waals surface area (Å²) >= 11 is 0. The highest BCUT2D eigenvalue weighted by Crippen LogP contribution is 2.34. The molecule has 1 aliphatic rings. The topological polar surface area (TPSA) is 49.4 Å². The lowest BCUT2D eigenvalue weighted by atomic mass is 9.86. The second kappa shape index (κ2) is 3.63. The maximum atomic E-state index is 12.0. The van der Waals surface area contributed by atoms with Gasteiger partial charge in [0.1, 0.15) is 5.54 Å². The molecule has 0 spiro atoms. The lowest BCUT2D eigenvalue weighted by Gasteiger charge is -2.32. The largest absolute Gasteiger partial charge is 0.325 e. The molecule has 0 bridgehead atoms. The number of carbonyl (C=O) groups excluding carboxylic acids is 2. The van der Waals surface area contributed by atoms with Crippen LogP contribution in [0.2, 0.25) is 0 Å². The van der Waals surface area contributed by atoms with Crippen LogP contribution >= 0.6 is 0 Å². The maximum absolute atomic E-state index is 12.0. The van der Waals surface area contributed by atoms with Gasteiger partial charge in [-0.25, -0.2) is 4.79 Å². The average molecular weight is 218 g/mol. The van der Waals surface area contributed by atoms with Crippen molar-refractivity contribution >= 4 is 11.9 Å². The van der Waals surface area contributed by atoms with Gasteiger partial charge < -0.3 is 4.90 Å². The summed E-state index contributed by atoms with van der Waals surface area (Å²) in [4.78, 5) is 25.0. The van der Waals surface area contributed by atoms with Crippen molar-refractivity contribution in [2.75, 3.05) is 7.05 Å². The Hall–Kier alpha value is -1.84. The highest BCUT2D eigenvalue weighted by Gasteiger charge is 2.50. The summed E-state index contributed by atoms with van der Waals surface area (Å²) in [5.74, 6) is -0.242. The molecule has 3 amide bonds. The van der Waals surface area contributed by atoms with Gasteiger partial charge in [-0.1, -0.05) is 37.3 Å². The lowest BCUT2D eigenvalue weighted by molar-refractivity contribution is -0.126. The number of benzene rings is 1. The predicted octanol–water partition coefficient (Wildman–Crippen LogP) is 1.47. The number of rotatable bonds is 2. The molecule has 1 heterocycles. The number of nitrogens with one attached hydrogen (secondary N) is 1. The van der Waals surface area contributed by atoms with E-state index in [4.69, 9.17) is 0 Å². The van der Waals surface area contributed by atoms with Crippen LogP contribution in [0.25, 0.3) is 0 Å². The fourth-order valence-corrected chi connectivity index (χ4v) is 2.25. The molecule has 4 nitrogen and oxygen atoms in total. The Balaban J connectivity index is 2.56. The molecule has 1 fully saturated rings. The first kappa shape index (κ1) is 10.7. The number of urea groups is 1. The fraction of sp³-hybridized carbons (Fsp3) is 0.333. The zero-order chi connectivity index (χ0) is 11.8. The smallest absolute Gasteiger partial charge is 0.309 e. The fourth-order valence-electron chi connectivity index (χ4n) is 2.25. The number of hydrogen-bond donors (Lipinski definition) is 1. The molecule has 0 aliphatic carbocycles. The van der Waals surface area contributed by atoms with Gasteiger partial charge in [0.15, 0.2) is 0 Å². The number of carbonyl (C=O) groups is 2. The van der Waals surface area contributed by atoms with Crippen molar-refractivity contribution in [3.05, 3.63) is 35.9 Å². The first-order chi connectivity index (χ1) is 7.63. The third-order valence-corrected chi connectivity index (χ3v) is 3.24. The number of imide groups is 1. The van der Waals surface area contributed by atoms with Crippen LogP contribution in [0.4, 0.5) is 4.79 Å². The van der Waals surface area contributed by atoms with Gasteiger partial charge >= 0.3 is 6.03 Å². The molecule has 84 valence electrons. The highest BCUT2D eigenvalue weighted by molar-refractivity contribution is 6.07. The van der Waals surface area contributed by atoms with E-state index in [0.29, 0.717) is 6.42 Å². The van der Waals surface area contributed by atoms with Gasteiger partial charge in [-0.3, -0.25) is 10.1 Å². The molecule has 4 heteroatoms. The highest BCUT2D eigenvalue weighted by atomic mass is 16.2. The van der Waals surface area contributed by atoms with E-state index in [1.54, 1.807) is 7.05 Å². The third kappa shape index (κ3) is 1.23. The molecule has 16 heavy (non-hydrogen) atoms. The number of nitrogens with zero attached hydrogens (tertiary/aromatic N) is 1. The predicted molar refractivity (Wildman–Crippen MR) is 59.7 cm³/mol. The van der Waals surface area contributed by atoms with E-state index in [2.05, 4.69) is 5.32 Å². The molecule has 1 aliphatic heterocycles. The van der Waals surface area contributed by atoms with E-state index in [-0.39, 0.29) is 11.9 Å². The SMILES string of the molecule is CC[C@]1(c2ccccc2)C(=O)NC(=O)N1C. The van der Waals surface area contributed by atoms with Gasteiger partial charge in [-0.2, -0.15) is 0 Å². The average Bonchev–Trinajstić information content (AvgIpc) is 2.52. The van der Waals surface area contributed by atoms with E-state index in [0.717, 1.165) is 5.56 Å². The normalized spacial score (nSPS) is 24.8. The number of amides is 3. The van der Waals surface area contributed by atoms with Crippen molar-refractivity contribution in [3.8, 4) is 0 Å². The van der Waals surface area contributed by atoms with Crippen LogP contribution in [0.15, 0.2) is 30.3 Å². The zero-order valence-electron chi connectivity index (χ0n) is 9.36. The molecule has 0 radical (unpaired) electrons. The summed E-state index contributed by atoms with van der Waals surface area (Å²) < 4.78 is 0. The minimum Gasteiger partial charge on any atom is -0.309 e. The molecule has 1 aromatic carbocycles. The standard InChI is InChI=1S/C12H14N2O2/c1-3-12(9-7-5-4-6-8-9)10(15)13-11(16)14(12)2/h4-8H,3H2,1-2H3,(H,13,15,16)/t12-/m0/s1. The van der Waals surface area contributed by atoms with E-state index in [1.807, 2.05) is 37.3 Å². The maximum Gasteiger partial charge on any atom is 0.325 e. The minimum atomic E-state index is -0.849. The molecular formula is C12H14N2O2. The van der Waals surface area contributed by atoms with Crippen LogP contribution in [0.3, 0.4) is 0 Å². The molecule has 0 unspecified atom stereocenters. The van der Waals surface area contributed by atoms with Crippen molar-refractivity contribution in [3.63, 3.8) is 0 Å². The Bertz CT molecular complexity index is 430. The van der Waals surface area contributed by atoms with Crippen LogP contribution < -0.4 is 5.32 Å². The van der Waals surface area contributed by atoms with Gasteiger partial charge in [0, 0.05) is 7.05 Å². The molecule has 2 rings (SSSR count). The van der Waals surface area contributed by atoms with E-state index < -0.39 is 5.54 Å². The number of hydrogen-bond acceptors (Lipinski definition) is 2. The zero-order valence-corrected chi connectivity index (χ0v) is 9.36. The summed E-state index contributed by atoms with van der Waals surface area (Å²) in [6.07, 6.45) is 0.561. The Morgan fingerprint density at radius 2 is 1.88 bits per heavy atom. The lowest BCUT2D eigenvalue weighted by Crippen LogP contribution is -2.44. The summed E-state index contributed by atoms with van der Waals surface area (Å²) in [6.45, 7) is 1.90. The molecular weight excluding hydrogens is 204 g/mol. The summed E-state index contributed by atoms with van der Waals surface area (Å²) in [6, 6.07) is 9.04. The first-order valence-corrected chi connectivity index (χ1v) is 5.27. The van der Waals surface area contributed by atoms with Gasteiger partial charge in [-0.05, 0) is 12.0 Å². The third-order valence-electron chi connectivity index (χ3n) is 3.24. The molecule has 1 aromatic rings. The van der Waals surface area contributed by atoms with E-state index >= 15 is 0 Å². The quantitative estimate of drug-likeness (QED) is 0.764. The summed E-state index contributed by atoms with van der Waals surface area (Å²) in [7, 11) is 1.65. The second-order valence-electron chi connectivity index (χ2n) is 3.90. The molecule has 1 N–H and O–H groups in total. The molecule has 1 atom stereocenters. The van der Waals surface area contributed by atoms with Crippen molar-refractivity contribution in [2.45, 2.75) is 18.9 Å². The summed E-state index contributed by atoms with van der Waals surface area (Å²) in [5, 5.41) is 2.35. The van der Waals surface area contributed by atoms with Gasteiger partial charge in [-0.15, -0.1) is 0 Å². The van der Waals surface area contributed by atoms with Gasteiger partial charge in [0.2, 0.25) is 0 Å². The van der Waals surface area contributed by atoms with E-state index in [9.17, 15) is 9.59 Å². The van der Waals surface area contributed by atoms with Crippen LogP contribution in [0.5, 0.6) is 0 Å². The number of likely N-dealkylation sites (N-methyl/N-ethyl adjacent to an activating group) is 1. The molecule has 0 saturated carbocycles. The van der Waals surface area contributed by atoms with Crippen LogP contribution in [0.1, 0.15) is 18.9 Å². The first-order valence-electron chi connectivity index (χ1n) is 5.27. The van der Waals surface area contributed by atoms with Crippen LogP contribution in [0, 0.1) is 0 Å². The minimum absolute atomic E-state index is 0.242. The Morgan fingerprint density at radius 3 is 2.31 bits per heavy atom. The van der Waals surface area contributed by atoms with Gasteiger partial charge in [0.05, 0.1) is 0 Å². The molecule has 1 saturated heterocycles. The van der Waals surface area contributed by atoms with E-state index in [1.165, 1.54) is 4.90 Å². The Kier molecular flexibility index (Phi) is 2.42. The molecule has 0 aromatic heterocycles. The second-order valence-corrected chi connectivity index (χ2v) is 3.90. The van der Waals surface area contributed by atoms with Crippen molar-refractivity contribution in [1.82, 2.24) is 10.2 Å². The summed E-state index contributed by atoms with van der Waals surface area (Å²) in [5.41, 5.74) is 0.00146. The van der Waals surface area contributed by atoms with Crippen LogP contribution in [-0.4, -0.2) is 23.9 Å². The van der Waals surface area contributed by atoms with Gasteiger partial charge in [0.25, 0.3) is 5.91 Å². The van der Waals surface area contributed by atoms with Crippen LogP contribution in [-0.2, 0) is 10.3 Å². The Morgan fingerprint density at radius 1 is 1.25 bits per heavy atom. The Labute approximate surface area is 94.2 Å². The van der Waals surface area contributed by atoms with Crippen molar-refractivity contribution in [2.24, 2.45) is 0 Å². The monoisotopic (exact) mass is 218 g/mol. The van der Waals surface area contributed by atoms with Crippen molar-refractivity contribution < 1.29 is 9.59 Å².